The normalized spacial score (nSPS) is 29.9. The summed E-state index contributed by atoms with van der Waals surface area (Å²) in [4.78, 5) is 63.0. The molecule has 6 unspecified atom stereocenters. The van der Waals surface area contributed by atoms with Crippen molar-refractivity contribution in [1.82, 2.24) is 9.80 Å². The minimum atomic E-state index is -1.26. The van der Waals surface area contributed by atoms with Crippen molar-refractivity contribution < 1.29 is 29.0 Å². The molecule has 3 aromatic rings. The topological polar surface area (TPSA) is 107 Å². The van der Waals surface area contributed by atoms with E-state index in [1.807, 2.05) is 37.3 Å². The van der Waals surface area contributed by atoms with Crippen LogP contribution in [0.15, 0.2) is 88.9 Å². The molecule has 258 valence electrons. The van der Waals surface area contributed by atoms with E-state index in [4.69, 9.17) is 4.74 Å². The molecule has 0 aromatic heterocycles. The molecule has 4 amide bonds. The standard InChI is InChI=1S/C40H40BrN3O6/c1-40-31(37(47)44(39(40)49)25-11-7-4-8-12-25)21-29-27(34(40)30-19-24(41)20-32(50-2)35(30)45)13-14-28-33(29)38(48)43(36(28)46)26-15-17-42(18-16-26)22-23-9-5-3-6-10-23/h3-13,19-20,26,28-29,31,33-34,45H,14-18,21-22H2,1-2H3. The van der Waals surface area contributed by atoms with Crippen LogP contribution in [-0.4, -0.2) is 64.8 Å². The fourth-order valence-corrected chi connectivity index (χ4v) is 10.2. The SMILES string of the molecule is COc1cc(Br)cc(C2C3=CCC4C(=O)N(C5CCN(Cc6ccccc6)CC5)C(=O)C4C3CC3C(=O)N(c4ccccc4)C(=O)C32C)c1O. The number of para-hydroxylation sites is 1. The molecule has 3 saturated heterocycles. The van der Waals surface area contributed by atoms with Gasteiger partial charge in [-0.15, -0.1) is 0 Å². The van der Waals surface area contributed by atoms with E-state index in [0.717, 1.165) is 25.2 Å². The third-order valence-corrected chi connectivity index (χ3v) is 12.6. The van der Waals surface area contributed by atoms with E-state index < -0.39 is 35.0 Å². The highest BCUT2D eigenvalue weighted by molar-refractivity contribution is 9.10. The van der Waals surface area contributed by atoms with Crippen LogP contribution in [0.5, 0.6) is 11.5 Å². The fraction of sp³-hybridized carbons (Fsp3) is 0.400. The van der Waals surface area contributed by atoms with Gasteiger partial charge in [0.05, 0.1) is 36.0 Å². The monoisotopic (exact) mass is 737 g/mol. The maximum atomic E-state index is 14.6. The van der Waals surface area contributed by atoms with Gasteiger partial charge in [-0.25, -0.2) is 4.90 Å². The van der Waals surface area contributed by atoms with Crippen LogP contribution < -0.4 is 9.64 Å². The van der Waals surface area contributed by atoms with Gasteiger partial charge in [-0.1, -0.05) is 76.1 Å². The predicted octanol–water partition coefficient (Wildman–Crippen LogP) is 6.06. The number of carbonyl (C=O) groups is 4. The number of halogens is 1. The zero-order chi connectivity index (χ0) is 34.9. The number of imide groups is 2. The van der Waals surface area contributed by atoms with Crippen LogP contribution in [0.3, 0.4) is 0 Å². The number of hydrogen-bond donors (Lipinski definition) is 1. The average molecular weight is 739 g/mol. The number of phenols is 1. The van der Waals surface area contributed by atoms with E-state index in [1.54, 1.807) is 41.3 Å². The molecule has 0 spiro atoms. The number of benzene rings is 3. The van der Waals surface area contributed by atoms with E-state index in [-0.39, 0.29) is 47.6 Å². The fourth-order valence-electron chi connectivity index (χ4n) is 9.71. The first-order valence-electron chi connectivity index (χ1n) is 17.5. The maximum Gasteiger partial charge on any atom is 0.241 e. The first-order valence-corrected chi connectivity index (χ1v) is 18.3. The number of methoxy groups -OCH3 is 1. The molecule has 3 heterocycles. The lowest BCUT2D eigenvalue weighted by Gasteiger charge is -2.49. The molecule has 6 atom stereocenters. The highest BCUT2D eigenvalue weighted by Crippen LogP contribution is 2.65. The molecule has 10 heteroatoms. The van der Waals surface area contributed by atoms with Gasteiger partial charge in [0.1, 0.15) is 0 Å². The minimum absolute atomic E-state index is 0.111. The summed E-state index contributed by atoms with van der Waals surface area (Å²) < 4.78 is 6.17. The number of ether oxygens (including phenoxy) is 1. The number of fused-ring (bicyclic) bond motifs is 4. The lowest BCUT2D eigenvalue weighted by atomic mass is 9.51. The lowest BCUT2D eigenvalue weighted by Crippen LogP contribution is -2.49. The molecular weight excluding hydrogens is 698 g/mol. The van der Waals surface area contributed by atoms with Crippen LogP contribution in [0.2, 0.25) is 0 Å². The van der Waals surface area contributed by atoms with Gasteiger partial charge < -0.3 is 9.84 Å². The molecule has 5 aliphatic rings. The number of amides is 4. The number of phenolic OH excluding ortho intramolecular Hbond substituents is 1. The van der Waals surface area contributed by atoms with E-state index in [1.165, 1.54) is 17.6 Å². The Bertz CT molecular complexity index is 1910. The molecule has 50 heavy (non-hydrogen) atoms. The third kappa shape index (κ3) is 4.97. The first-order chi connectivity index (χ1) is 24.1. The summed E-state index contributed by atoms with van der Waals surface area (Å²) in [5.74, 6) is -3.97. The maximum absolute atomic E-state index is 14.6. The zero-order valence-electron chi connectivity index (χ0n) is 28.1. The second-order valence-corrected chi connectivity index (χ2v) is 15.5. The van der Waals surface area contributed by atoms with Crippen molar-refractivity contribution in [2.45, 2.75) is 51.1 Å². The molecular formula is C40H40BrN3O6. The number of aromatic hydroxyl groups is 1. The Morgan fingerprint density at radius 1 is 0.900 bits per heavy atom. The minimum Gasteiger partial charge on any atom is -0.504 e. The molecule has 3 aliphatic heterocycles. The summed E-state index contributed by atoms with van der Waals surface area (Å²) in [5, 5.41) is 11.6. The Hall–Kier alpha value is -4.28. The van der Waals surface area contributed by atoms with Crippen molar-refractivity contribution >= 4 is 45.2 Å². The molecule has 3 aromatic carbocycles. The molecule has 9 nitrogen and oxygen atoms in total. The zero-order valence-corrected chi connectivity index (χ0v) is 29.7. The van der Waals surface area contributed by atoms with E-state index >= 15 is 0 Å². The lowest BCUT2D eigenvalue weighted by molar-refractivity contribution is -0.144. The number of hydrogen-bond acceptors (Lipinski definition) is 7. The summed E-state index contributed by atoms with van der Waals surface area (Å²) in [6, 6.07) is 22.5. The van der Waals surface area contributed by atoms with Crippen LogP contribution in [-0.2, 0) is 25.7 Å². The summed E-state index contributed by atoms with van der Waals surface area (Å²) in [5.41, 5.74) is 1.75. The number of carbonyl (C=O) groups excluding carboxylic acids is 4. The molecule has 1 N–H and O–H groups in total. The van der Waals surface area contributed by atoms with Crippen LogP contribution in [0.1, 0.15) is 49.7 Å². The van der Waals surface area contributed by atoms with Crippen molar-refractivity contribution in [3.8, 4) is 11.5 Å². The number of rotatable bonds is 6. The Labute approximate surface area is 300 Å². The van der Waals surface area contributed by atoms with Gasteiger partial charge in [0.15, 0.2) is 11.5 Å². The number of allylic oxidation sites excluding steroid dienone is 2. The Morgan fingerprint density at radius 3 is 2.26 bits per heavy atom. The van der Waals surface area contributed by atoms with Crippen molar-refractivity contribution in [3.63, 3.8) is 0 Å². The van der Waals surface area contributed by atoms with Gasteiger partial charge in [-0.05, 0) is 68.4 Å². The summed E-state index contributed by atoms with van der Waals surface area (Å²) >= 11 is 3.56. The van der Waals surface area contributed by atoms with Crippen LogP contribution in [0.4, 0.5) is 5.69 Å². The van der Waals surface area contributed by atoms with Gasteiger partial charge in [0, 0.05) is 41.6 Å². The molecule has 4 fully saturated rings. The summed E-state index contributed by atoms with van der Waals surface area (Å²) in [7, 11) is 1.47. The van der Waals surface area contributed by atoms with Crippen molar-refractivity contribution in [2.75, 3.05) is 25.1 Å². The molecule has 0 radical (unpaired) electrons. The number of piperidine rings is 1. The smallest absolute Gasteiger partial charge is 0.241 e. The van der Waals surface area contributed by atoms with Crippen LogP contribution in [0.25, 0.3) is 0 Å². The van der Waals surface area contributed by atoms with Gasteiger partial charge in [0.25, 0.3) is 0 Å². The molecule has 2 aliphatic carbocycles. The Kier molecular flexibility index (Phi) is 8.22. The van der Waals surface area contributed by atoms with Crippen molar-refractivity contribution in [3.05, 3.63) is 100 Å². The van der Waals surface area contributed by atoms with Gasteiger partial charge in [0.2, 0.25) is 23.6 Å². The molecule has 0 bridgehead atoms. The van der Waals surface area contributed by atoms with Gasteiger partial charge >= 0.3 is 0 Å². The van der Waals surface area contributed by atoms with Crippen molar-refractivity contribution in [2.24, 2.45) is 29.1 Å². The predicted molar refractivity (Wildman–Crippen MR) is 190 cm³/mol. The highest BCUT2D eigenvalue weighted by Gasteiger charge is 2.68. The summed E-state index contributed by atoms with van der Waals surface area (Å²) in [6.45, 7) is 4.23. The van der Waals surface area contributed by atoms with E-state index in [0.29, 0.717) is 35.0 Å². The second-order valence-electron chi connectivity index (χ2n) is 14.6. The van der Waals surface area contributed by atoms with Crippen LogP contribution >= 0.6 is 15.9 Å². The Morgan fingerprint density at radius 2 is 1.58 bits per heavy atom. The largest absolute Gasteiger partial charge is 0.504 e. The van der Waals surface area contributed by atoms with Crippen molar-refractivity contribution in [1.29, 1.82) is 0 Å². The number of nitrogens with zero attached hydrogens (tertiary/aromatic N) is 3. The van der Waals surface area contributed by atoms with Gasteiger partial charge in [-0.3, -0.25) is 29.0 Å². The highest BCUT2D eigenvalue weighted by atomic mass is 79.9. The van der Waals surface area contributed by atoms with Gasteiger partial charge in [-0.2, -0.15) is 0 Å². The first kappa shape index (κ1) is 32.9. The van der Waals surface area contributed by atoms with E-state index in [9.17, 15) is 24.3 Å². The van der Waals surface area contributed by atoms with Crippen LogP contribution in [0, 0.1) is 29.1 Å². The number of anilines is 1. The summed E-state index contributed by atoms with van der Waals surface area (Å²) in [6.07, 6.45) is 4.07. The van der Waals surface area contributed by atoms with E-state index in [2.05, 4.69) is 33.0 Å². The molecule has 1 saturated carbocycles. The Balaban J connectivity index is 1.15. The molecule has 8 rings (SSSR count). The number of likely N-dealkylation sites (tertiary alicyclic amines) is 2. The second kappa shape index (κ2) is 12.5. The average Bonchev–Trinajstić information content (AvgIpc) is 3.49. The quantitative estimate of drug-likeness (QED) is 0.242. The third-order valence-electron chi connectivity index (χ3n) is 12.1.